The highest BCUT2D eigenvalue weighted by Crippen LogP contribution is 2.31. The molecule has 166 valence electrons. The average Bonchev–Trinajstić information content (AvgIpc) is 3.49. The molecule has 4 heterocycles. The van der Waals surface area contributed by atoms with Gasteiger partial charge in [0.1, 0.15) is 11.5 Å². The maximum Gasteiger partial charge on any atom is 0.161 e. The summed E-state index contributed by atoms with van der Waals surface area (Å²) in [6.45, 7) is 2.83. The van der Waals surface area contributed by atoms with E-state index in [2.05, 4.69) is 16.1 Å². The van der Waals surface area contributed by atoms with Gasteiger partial charge in [-0.05, 0) is 49.2 Å². The molecular weight excluding hydrogens is 406 g/mol. The number of nitrogen functional groups attached to an aromatic ring is 1. The molecule has 0 bridgehead atoms. The Morgan fingerprint density at radius 1 is 1.12 bits per heavy atom. The number of nitrogens with zero attached hydrogens (tertiary/aromatic N) is 4. The maximum absolute atomic E-state index is 6.34. The molecule has 0 aliphatic carbocycles. The molecule has 1 atom stereocenters. The van der Waals surface area contributed by atoms with Gasteiger partial charge < -0.3 is 19.6 Å². The van der Waals surface area contributed by atoms with Crippen LogP contribution in [-0.2, 0) is 6.54 Å². The third-order valence-electron chi connectivity index (χ3n) is 6.03. The lowest BCUT2D eigenvalue weighted by atomic mass is 9.94. The number of nitrogens with two attached hydrogens (primary N) is 1. The van der Waals surface area contributed by atoms with Crippen LogP contribution in [0.25, 0.3) is 17.1 Å². The highest BCUT2D eigenvalue weighted by Gasteiger charge is 2.24. The molecule has 1 aromatic carbocycles. The van der Waals surface area contributed by atoms with E-state index >= 15 is 0 Å². The van der Waals surface area contributed by atoms with Gasteiger partial charge in [0.15, 0.2) is 22.9 Å². The summed E-state index contributed by atoms with van der Waals surface area (Å²) in [4.78, 5) is 7.36. The van der Waals surface area contributed by atoms with Crippen LogP contribution in [0.2, 0.25) is 0 Å². The quantitative estimate of drug-likeness (QED) is 0.492. The monoisotopic (exact) mass is 433 g/mol. The Kier molecular flexibility index (Phi) is 5.45. The van der Waals surface area contributed by atoms with Crippen molar-refractivity contribution in [3.63, 3.8) is 0 Å². The average molecular weight is 434 g/mol. The van der Waals surface area contributed by atoms with Crippen molar-refractivity contribution >= 4 is 11.5 Å². The van der Waals surface area contributed by atoms with E-state index in [9.17, 15) is 0 Å². The second kappa shape index (κ2) is 8.55. The van der Waals surface area contributed by atoms with E-state index in [0.29, 0.717) is 17.5 Å². The minimum absolute atomic E-state index is 0.318. The van der Waals surface area contributed by atoms with Gasteiger partial charge in [-0.1, -0.05) is 6.07 Å². The fourth-order valence-corrected chi connectivity index (χ4v) is 4.45. The molecule has 8 nitrogen and oxygen atoms in total. The first-order valence-electron chi connectivity index (χ1n) is 10.8. The minimum atomic E-state index is 0.318. The van der Waals surface area contributed by atoms with Crippen molar-refractivity contribution in [1.82, 2.24) is 19.5 Å². The molecule has 3 aromatic heterocycles. The molecule has 1 fully saturated rings. The van der Waals surface area contributed by atoms with E-state index < -0.39 is 0 Å². The number of fused-ring (bicyclic) bond motifs is 1. The molecule has 4 aromatic rings. The Balaban J connectivity index is 1.36. The normalized spacial score (nSPS) is 17.0. The summed E-state index contributed by atoms with van der Waals surface area (Å²) in [6, 6.07) is 13.7. The summed E-state index contributed by atoms with van der Waals surface area (Å²) in [5.41, 5.74) is 10.0. The van der Waals surface area contributed by atoms with Crippen molar-refractivity contribution in [3.8, 4) is 23.0 Å². The Morgan fingerprint density at radius 3 is 2.78 bits per heavy atom. The van der Waals surface area contributed by atoms with Gasteiger partial charge in [0.2, 0.25) is 0 Å². The van der Waals surface area contributed by atoms with E-state index in [1.165, 1.54) is 5.56 Å². The first kappa shape index (κ1) is 20.4. The number of rotatable bonds is 6. The molecular formula is C24H27N5O3. The smallest absolute Gasteiger partial charge is 0.161 e. The molecule has 8 heteroatoms. The van der Waals surface area contributed by atoms with E-state index in [0.717, 1.165) is 61.0 Å². The number of methoxy groups -OCH3 is 2. The van der Waals surface area contributed by atoms with Crippen molar-refractivity contribution < 1.29 is 13.9 Å². The second-order valence-electron chi connectivity index (χ2n) is 8.15. The number of hydrogen-bond donors (Lipinski definition) is 1. The summed E-state index contributed by atoms with van der Waals surface area (Å²) in [6.07, 6.45) is 3.84. The zero-order valence-electron chi connectivity index (χ0n) is 18.3. The molecule has 0 radical (unpaired) electrons. The van der Waals surface area contributed by atoms with Crippen LogP contribution < -0.4 is 15.2 Å². The van der Waals surface area contributed by atoms with Crippen LogP contribution in [0.1, 0.15) is 30.0 Å². The topological polar surface area (TPSA) is 91.1 Å². The summed E-state index contributed by atoms with van der Waals surface area (Å²) in [5, 5.41) is 4.55. The predicted molar refractivity (Wildman–Crippen MR) is 122 cm³/mol. The number of benzene rings is 1. The third-order valence-corrected chi connectivity index (χ3v) is 6.03. The fourth-order valence-electron chi connectivity index (χ4n) is 4.45. The molecule has 5 rings (SSSR count). The fraction of sp³-hybridized carbons (Fsp3) is 0.333. The molecule has 32 heavy (non-hydrogen) atoms. The van der Waals surface area contributed by atoms with Gasteiger partial charge in [-0.15, -0.1) is 0 Å². The van der Waals surface area contributed by atoms with Gasteiger partial charge in [0, 0.05) is 31.1 Å². The van der Waals surface area contributed by atoms with Crippen molar-refractivity contribution in [2.45, 2.75) is 25.3 Å². The molecule has 1 aliphatic heterocycles. The SMILES string of the molecule is COc1ccc(CN2CCCC(c3cc(N)n4nc(-c5ccco5)cc4n3)C2)cc1OC. The third kappa shape index (κ3) is 3.89. The Labute approximate surface area is 186 Å². The molecule has 0 saturated carbocycles. The number of likely N-dealkylation sites (tertiary alicyclic amines) is 1. The van der Waals surface area contributed by atoms with E-state index in [-0.39, 0.29) is 0 Å². The largest absolute Gasteiger partial charge is 0.493 e. The first-order valence-corrected chi connectivity index (χ1v) is 10.8. The van der Waals surface area contributed by atoms with Crippen molar-refractivity contribution in [2.24, 2.45) is 0 Å². The number of furan rings is 1. The summed E-state index contributed by atoms with van der Waals surface area (Å²) >= 11 is 0. The molecule has 2 N–H and O–H groups in total. The molecule has 0 amide bonds. The molecule has 1 saturated heterocycles. The molecule has 1 unspecified atom stereocenters. The van der Waals surface area contributed by atoms with Gasteiger partial charge in [-0.2, -0.15) is 9.61 Å². The standard InChI is InChI=1S/C24H27N5O3/c1-30-21-8-7-16(11-22(21)31-2)14-28-9-3-5-17(15-28)18-12-23(25)29-24(26-18)13-19(27-29)20-6-4-10-32-20/h4,6-8,10-13,17H,3,5,9,14-15,25H2,1-2H3. The second-order valence-corrected chi connectivity index (χ2v) is 8.15. The van der Waals surface area contributed by atoms with Gasteiger partial charge in [-0.3, -0.25) is 4.90 Å². The minimum Gasteiger partial charge on any atom is -0.493 e. The van der Waals surface area contributed by atoms with E-state index in [1.807, 2.05) is 36.4 Å². The van der Waals surface area contributed by atoms with Crippen LogP contribution in [0.4, 0.5) is 5.82 Å². The Bertz CT molecular complexity index is 1220. The maximum atomic E-state index is 6.34. The predicted octanol–water partition coefficient (Wildman–Crippen LogP) is 3.97. The summed E-state index contributed by atoms with van der Waals surface area (Å²) < 4.78 is 18.0. The van der Waals surface area contributed by atoms with Crippen molar-refractivity contribution in [1.29, 1.82) is 0 Å². The number of aromatic nitrogens is 3. The zero-order chi connectivity index (χ0) is 22.1. The van der Waals surface area contributed by atoms with Crippen LogP contribution in [0.15, 0.2) is 53.1 Å². The summed E-state index contributed by atoms with van der Waals surface area (Å²) in [5.74, 6) is 3.11. The Hall–Kier alpha value is -3.52. The number of piperidine rings is 1. The summed E-state index contributed by atoms with van der Waals surface area (Å²) in [7, 11) is 3.32. The first-order chi connectivity index (χ1) is 15.6. The lowest BCUT2D eigenvalue weighted by Crippen LogP contribution is -2.34. The number of anilines is 1. The Morgan fingerprint density at radius 2 is 2.00 bits per heavy atom. The van der Waals surface area contributed by atoms with Gasteiger partial charge in [-0.25, -0.2) is 4.98 Å². The highest BCUT2D eigenvalue weighted by molar-refractivity contribution is 5.61. The lowest BCUT2D eigenvalue weighted by Gasteiger charge is -2.32. The van der Waals surface area contributed by atoms with Crippen LogP contribution in [0.3, 0.4) is 0 Å². The van der Waals surface area contributed by atoms with Gasteiger partial charge in [0.05, 0.1) is 26.2 Å². The van der Waals surface area contributed by atoms with Crippen molar-refractivity contribution in [3.05, 3.63) is 60.0 Å². The van der Waals surface area contributed by atoms with Crippen LogP contribution in [0.5, 0.6) is 11.5 Å². The molecule has 0 spiro atoms. The van der Waals surface area contributed by atoms with E-state index in [1.54, 1.807) is 25.0 Å². The lowest BCUT2D eigenvalue weighted by molar-refractivity contribution is 0.198. The van der Waals surface area contributed by atoms with Gasteiger partial charge >= 0.3 is 0 Å². The van der Waals surface area contributed by atoms with Crippen LogP contribution in [0, 0.1) is 0 Å². The highest BCUT2D eigenvalue weighted by atomic mass is 16.5. The number of ether oxygens (including phenoxy) is 2. The van der Waals surface area contributed by atoms with Crippen LogP contribution >= 0.6 is 0 Å². The number of hydrogen-bond acceptors (Lipinski definition) is 7. The van der Waals surface area contributed by atoms with Crippen LogP contribution in [-0.4, -0.2) is 46.8 Å². The van der Waals surface area contributed by atoms with E-state index in [4.69, 9.17) is 24.6 Å². The zero-order valence-corrected chi connectivity index (χ0v) is 18.3. The van der Waals surface area contributed by atoms with Gasteiger partial charge in [0.25, 0.3) is 0 Å². The molecule has 1 aliphatic rings. The van der Waals surface area contributed by atoms with Crippen molar-refractivity contribution in [2.75, 3.05) is 33.0 Å².